The summed E-state index contributed by atoms with van der Waals surface area (Å²) in [6.45, 7) is 1.05. The zero-order valence-corrected chi connectivity index (χ0v) is 14.4. The van der Waals surface area contributed by atoms with Gasteiger partial charge in [-0.05, 0) is 50.3 Å². The summed E-state index contributed by atoms with van der Waals surface area (Å²) in [4.78, 5) is 0. The van der Waals surface area contributed by atoms with E-state index in [0.717, 1.165) is 16.7 Å². The van der Waals surface area contributed by atoms with E-state index < -0.39 is 0 Å². The molecule has 0 amide bonds. The Labute approximate surface area is 140 Å². The van der Waals surface area contributed by atoms with Crippen molar-refractivity contribution in [1.29, 1.82) is 0 Å². The fourth-order valence-corrected chi connectivity index (χ4v) is 4.24. The Morgan fingerprint density at radius 2 is 2.00 bits per heavy atom. The van der Waals surface area contributed by atoms with E-state index in [4.69, 9.17) is 5.10 Å². The van der Waals surface area contributed by atoms with Gasteiger partial charge in [-0.1, -0.05) is 34.8 Å². The number of hydrogen-bond acceptors (Lipinski definition) is 2. The van der Waals surface area contributed by atoms with E-state index in [1.165, 1.54) is 62.0 Å². The van der Waals surface area contributed by atoms with Crippen molar-refractivity contribution in [2.45, 2.75) is 50.9 Å². The third-order valence-corrected chi connectivity index (χ3v) is 5.45. The molecule has 1 aliphatic carbocycles. The second-order valence-corrected chi connectivity index (χ2v) is 7.39. The fraction of sp³-hybridized carbons (Fsp3) is 0.500. The SMILES string of the molecule is Brc1cccc(-n2nc(C3CCCC3)c3c2NCCCC3)c1. The predicted molar refractivity (Wildman–Crippen MR) is 93.9 cm³/mol. The van der Waals surface area contributed by atoms with Gasteiger partial charge in [0.1, 0.15) is 5.82 Å². The van der Waals surface area contributed by atoms with Gasteiger partial charge in [-0.25, -0.2) is 4.68 Å². The molecule has 0 spiro atoms. The normalized spacial score (nSPS) is 18.8. The van der Waals surface area contributed by atoms with Crippen LogP contribution in [0.5, 0.6) is 0 Å². The number of halogens is 1. The van der Waals surface area contributed by atoms with Crippen LogP contribution in [0.2, 0.25) is 0 Å². The van der Waals surface area contributed by atoms with Gasteiger partial charge >= 0.3 is 0 Å². The lowest BCUT2D eigenvalue weighted by molar-refractivity contribution is 0.664. The van der Waals surface area contributed by atoms with Crippen molar-refractivity contribution in [2.24, 2.45) is 0 Å². The van der Waals surface area contributed by atoms with E-state index in [2.05, 4.69) is 50.2 Å². The number of nitrogens with zero attached hydrogens (tertiary/aromatic N) is 2. The van der Waals surface area contributed by atoms with Gasteiger partial charge in [-0.2, -0.15) is 5.10 Å². The standard InChI is InChI=1S/C18H22BrN3/c19-14-8-5-9-15(12-14)22-18-16(10-3-4-11-20-18)17(21-22)13-6-1-2-7-13/h5,8-9,12-13,20H,1-4,6-7,10-11H2. The molecule has 2 heterocycles. The number of hydrogen-bond donors (Lipinski definition) is 1. The van der Waals surface area contributed by atoms with Gasteiger partial charge in [-0.15, -0.1) is 0 Å². The summed E-state index contributed by atoms with van der Waals surface area (Å²) in [6, 6.07) is 8.44. The lowest BCUT2D eigenvalue weighted by Gasteiger charge is -2.09. The summed E-state index contributed by atoms with van der Waals surface area (Å²) >= 11 is 3.58. The first-order valence-electron chi connectivity index (χ1n) is 8.44. The Bertz CT molecular complexity index is 671. The molecule has 2 aromatic rings. The lowest BCUT2D eigenvalue weighted by Crippen LogP contribution is -2.07. The molecule has 2 aliphatic rings. The zero-order chi connectivity index (χ0) is 14.9. The summed E-state index contributed by atoms with van der Waals surface area (Å²) in [5.74, 6) is 1.90. The summed E-state index contributed by atoms with van der Waals surface area (Å²) < 4.78 is 3.24. The molecule has 0 unspecified atom stereocenters. The van der Waals surface area contributed by atoms with E-state index in [1.54, 1.807) is 0 Å². The smallest absolute Gasteiger partial charge is 0.133 e. The van der Waals surface area contributed by atoms with Crippen molar-refractivity contribution in [3.05, 3.63) is 40.0 Å². The molecule has 0 radical (unpaired) electrons. The van der Waals surface area contributed by atoms with Gasteiger partial charge in [0.25, 0.3) is 0 Å². The van der Waals surface area contributed by atoms with Crippen LogP contribution in [0.1, 0.15) is 55.7 Å². The van der Waals surface area contributed by atoms with Crippen LogP contribution >= 0.6 is 15.9 Å². The molecule has 3 nitrogen and oxygen atoms in total. The van der Waals surface area contributed by atoms with Crippen LogP contribution in [0.3, 0.4) is 0 Å². The molecule has 1 saturated carbocycles. The molecule has 0 bridgehead atoms. The summed E-state index contributed by atoms with van der Waals surface area (Å²) in [5, 5.41) is 8.70. The van der Waals surface area contributed by atoms with E-state index in [-0.39, 0.29) is 0 Å². The maximum absolute atomic E-state index is 5.06. The third kappa shape index (κ3) is 2.58. The first-order chi connectivity index (χ1) is 10.8. The van der Waals surface area contributed by atoms with Crippen molar-refractivity contribution >= 4 is 21.7 Å². The number of nitrogens with one attached hydrogen (secondary N) is 1. The molecule has 4 heteroatoms. The summed E-state index contributed by atoms with van der Waals surface area (Å²) in [6.07, 6.45) is 9.01. The van der Waals surface area contributed by atoms with Crippen molar-refractivity contribution in [3.63, 3.8) is 0 Å². The minimum Gasteiger partial charge on any atom is -0.370 e. The van der Waals surface area contributed by atoms with E-state index in [0.29, 0.717) is 5.92 Å². The number of aromatic nitrogens is 2. The van der Waals surface area contributed by atoms with Crippen LogP contribution in [-0.2, 0) is 6.42 Å². The Morgan fingerprint density at radius 3 is 2.82 bits per heavy atom. The molecule has 1 aromatic heterocycles. The molecule has 0 atom stereocenters. The van der Waals surface area contributed by atoms with E-state index in [1.807, 2.05) is 0 Å². The van der Waals surface area contributed by atoms with Crippen LogP contribution in [0, 0.1) is 0 Å². The number of rotatable bonds is 2. The first-order valence-corrected chi connectivity index (χ1v) is 9.24. The highest BCUT2D eigenvalue weighted by molar-refractivity contribution is 9.10. The van der Waals surface area contributed by atoms with Crippen LogP contribution in [0.25, 0.3) is 5.69 Å². The Kier molecular flexibility index (Phi) is 3.95. The number of benzene rings is 1. The van der Waals surface area contributed by atoms with Crippen molar-refractivity contribution in [2.75, 3.05) is 11.9 Å². The van der Waals surface area contributed by atoms with Gasteiger partial charge in [0, 0.05) is 22.5 Å². The van der Waals surface area contributed by atoms with Crippen LogP contribution in [0.15, 0.2) is 28.7 Å². The molecule has 0 saturated heterocycles. The molecule has 4 rings (SSSR count). The zero-order valence-electron chi connectivity index (χ0n) is 12.8. The molecule has 116 valence electrons. The highest BCUT2D eigenvalue weighted by Crippen LogP contribution is 2.39. The second-order valence-electron chi connectivity index (χ2n) is 6.47. The maximum atomic E-state index is 5.06. The fourth-order valence-electron chi connectivity index (χ4n) is 3.85. The van der Waals surface area contributed by atoms with Gasteiger partial charge in [-0.3, -0.25) is 0 Å². The van der Waals surface area contributed by atoms with Crippen LogP contribution in [-0.4, -0.2) is 16.3 Å². The molecule has 1 aromatic carbocycles. The molecule has 1 fully saturated rings. The predicted octanol–water partition coefficient (Wildman–Crippen LogP) is 5.04. The molecule has 22 heavy (non-hydrogen) atoms. The minimum atomic E-state index is 0.669. The Hall–Kier alpha value is -1.29. The minimum absolute atomic E-state index is 0.669. The maximum Gasteiger partial charge on any atom is 0.133 e. The van der Waals surface area contributed by atoms with Gasteiger partial charge in [0.15, 0.2) is 0 Å². The van der Waals surface area contributed by atoms with Crippen molar-refractivity contribution < 1.29 is 0 Å². The summed E-state index contributed by atoms with van der Waals surface area (Å²) in [7, 11) is 0. The molecular formula is C18H22BrN3. The van der Waals surface area contributed by atoms with E-state index in [9.17, 15) is 0 Å². The average molecular weight is 360 g/mol. The van der Waals surface area contributed by atoms with Gasteiger partial charge < -0.3 is 5.32 Å². The van der Waals surface area contributed by atoms with Gasteiger partial charge in [0.2, 0.25) is 0 Å². The van der Waals surface area contributed by atoms with Crippen molar-refractivity contribution in [1.82, 2.24) is 9.78 Å². The van der Waals surface area contributed by atoms with Crippen LogP contribution in [0.4, 0.5) is 5.82 Å². The molecular weight excluding hydrogens is 338 g/mol. The average Bonchev–Trinajstić information content (AvgIpc) is 3.09. The Morgan fingerprint density at radius 1 is 1.14 bits per heavy atom. The largest absolute Gasteiger partial charge is 0.370 e. The number of fused-ring (bicyclic) bond motifs is 1. The first kappa shape index (κ1) is 14.3. The lowest BCUT2D eigenvalue weighted by atomic mass is 9.97. The highest BCUT2D eigenvalue weighted by atomic mass is 79.9. The van der Waals surface area contributed by atoms with E-state index >= 15 is 0 Å². The second kappa shape index (κ2) is 6.07. The topological polar surface area (TPSA) is 29.9 Å². The summed E-state index contributed by atoms with van der Waals surface area (Å²) in [5.41, 5.74) is 3.98. The quantitative estimate of drug-likeness (QED) is 0.813. The highest BCUT2D eigenvalue weighted by Gasteiger charge is 2.27. The number of anilines is 1. The van der Waals surface area contributed by atoms with Gasteiger partial charge in [0.05, 0.1) is 11.4 Å². The Balaban J connectivity index is 1.83. The monoisotopic (exact) mass is 359 g/mol. The molecule has 1 N–H and O–H groups in total. The third-order valence-electron chi connectivity index (χ3n) is 4.96. The molecule has 1 aliphatic heterocycles. The van der Waals surface area contributed by atoms with Crippen molar-refractivity contribution in [3.8, 4) is 5.69 Å². The van der Waals surface area contributed by atoms with Crippen LogP contribution < -0.4 is 5.32 Å².